The van der Waals surface area contributed by atoms with Crippen molar-refractivity contribution in [1.29, 1.82) is 0 Å². The number of aromatic hydroxyl groups is 2. The van der Waals surface area contributed by atoms with Gasteiger partial charge in [-0.2, -0.15) is 0 Å². The van der Waals surface area contributed by atoms with Gasteiger partial charge in [-0.1, -0.05) is 42.5 Å². The van der Waals surface area contributed by atoms with Gasteiger partial charge in [0.2, 0.25) is 0 Å². The van der Waals surface area contributed by atoms with Crippen molar-refractivity contribution in [1.82, 2.24) is 0 Å². The lowest BCUT2D eigenvalue weighted by Gasteiger charge is -2.35. The number of hydrogen-bond acceptors (Lipinski definition) is 5. The minimum atomic E-state index is -0.836. The zero-order chi connectivity index (χ0) is 20.3. The summed E-state index contributed by atoms with van der Waals surface area (Å²) in [7, 11) is 0. The fraction of sp³-hybridized carbons (Fsp3) is 0.167. The summed E-state index contributed by atoms with van der Waals surface area (Å²) in [4.78, 5) is 9.37. The first kappa shape index (κ1) is 18.7. The molecule has 0 spiro atoms. The maximum Gasteiger partial charge on any atom is 0.199 e. The molecule has 0 bridgehead atoms. The molecule has 2 N–H and O–H groups in total. The van der Waals surface area contributed by atoms with Crippen LogP contribution in [0, 0.1) is 0 Å². The molecule has 29 heavy (non-hydrogen) atoms. The quantitative estimate of drug-likeness (QED) is 0.628. The molecule has 1 aliphatic heterocycles. The molecule has 4 rings (SSSR count). The molecule has 3 aromatic rings. The first-order chi connectivity index (χ1) is 14.0. The third-order valence-electron chi connectivity index (χ3n) is 4.92. The molecule has 0 radical (unpaired) electrons. The SMILES string of the molecule is C[C@@]1(N=Cc2ccccc2O)C[C@@H](N=Cc2ccccc2O)c2ccccc2O1. The van der Waals surface area contributed by atoms with Crippen molar-refractivity contribution in [3.05, 3.63) is 89.5 Å². The Bertz CT molecular complexity index is 1080. The van der Waals surface area contributed by atoms with Gasteiger partial charge < -0.3 is 14.9 Å². The predicted octanol–water partition coefficient (Wildman–Crippen LogP) is 4.88. The van der Waals surface area contributed by atoms with E-state index in [2.05, 4.69) is 4.99 Å². The topological polar surface area (TPSA) is 74.4 Å². The summed E-state index contributed by atoms with van der Waals surface area (Å²) in [5, 5.41) is 20.0. The van der Waals surface area contributed by atoms with Gasteiger partial charge in [0.25, 0.3) is 0 Å². The van der Waals surface area contributed by atoms with Crippen LogP contribution in [0.3, 0.4) is 0 Å². The van der Waals surface area contributed by atoms with E-state index in [1.807, 2.05) is 49.4 Å². The van der Waals surface area contributed by atoms with Gasteiger partial charge in [0.15, 0.2) is 5.72 Å². The Morgan fingerprint density at radius 2 is 1.45 bits per heavy atom. The number of hydrogen-bond donors (Lipinski definition) is 2. The molecule has 0 amide bonds. The number of phenolic OH excluding ortho intramolecular Hbond substituents is 2. The fourth-order valence-electron chi connectivity index (χ4n) is 3.38. The highest BCUT2D eigenvalue weighted by atomic mass is 16.5. The van der Waals surface area contributed by atoms with E-state index in [0.29, 0.717) is 17.5 Å². The van der Waals surface area contributed by atoms with Crippen molar-refractivity contribution in [3.63, 3.8) is 0 Å². The zero-order valence-electron chi connectivity index (χ0n) is 16.1. The maximum absolute atomic E-state index is 10.0. The van der Waals surface area contributed by atoms with Crippen molar-refractivity contribution in [2.24, 2.45) is 9.98 Å². The second-order valence-electron chi connectivity index (χ2n) is 7.19. The number of benzene rings is 3. The van der Waals surface area contributed by atoms with Crippen LogP contribution in [-0.2, 0) is 0 Å². The molecule has 0 aromatic heterocycles. The molecule has 5 nitrogen and oxygen atoms in total. The Morgan fingerprint density at radius 1 is 0.862 bits per heavy atom. The van der Waals surface area contributed by atoms with Crippen LogP contribution in [0.5, 0.6) is 17.2 Å². The van der Waals surface area contributed by atoms with Gasteiger partial charge in [0.1, 0.15) is 17.2 Å². The standard InChI is InChI=1S/C24H22N2O3/c1-24(26-16-18-9-3-6-12-22(18)28)14-20(19-10-4-7-13-23(19)29-24)25-15-17-8-2-5-11-21(17)27/h2-13,15-16,20,27-28H,14H2,1H3/t20-,24+/m1/s1. The molecular weight excluding hydrogens is 364 g/mol. The summed E-state index contributed by atoms with van der Waals surface area (Å²) in [6.07, 6.45) is 3.85. The van der Waals surface area contributed by atoms with Crippen molar-refractivity contribution in [3.8, 4) is 17.2 Å². The molecule has 5 heteroatoms. The third-order valence-corrected chi connectivity index (χ3v) is 4.92. The van der Waals surface area contributed by atoms with E-state index in [4.69, 9.17) is 9.73 Å². The number of nitrogens with zero attached hydrogens (tertiary/aromatic N) is 2. The van der Waals surface area contributed by atoms with Crippen molar-refractivity contribution >= 4 is 12.4 Å². The van der Waals surface area contributed by atoms with Crippen LogP contribution < -0.4 is 4.74 Å². The van der Waals surface area contributed by atoms with Crippen LogP contribution in [0.25, 0.3) is 0 Å². The molecule has 0 unspecified atom stereocenters. The molecule has 146 valence electrons. The molecule has 0 aliphatic carbocycles. The first-order valence-corrected chi connectivity index (χ1v) is 9.46. The Labute approximate surface area is 169 Å². The number of rotatable bonds is 4. The lowest BCUT2D eigenvalue weighted by atomic mass is 9.94. The molecule has 3 aromatic carbocycles. The third kappa shape index (κ3) is 4.14. The Hall–Kier alpha value is -3.60. The lowest BCUT2D eigenvalue weighted by Crippen LogP contribution is -2.36. The van der Waals surface area contributed by atoms with E-state index in [1.54, 1.807) is 42.8 Å². The monoisotopic (exact) mass is 386 g/mol. The smallest absolute Gasteiger partial charge is 0.199 e. The van der Waals surface area contributed by atoms with Crippen LogP contribution in [0.2, 0.25) is 0 Å². The Morgan fingerprint density at radius 3 is 2.14 bits per heavy atom. The van der Waals surface area contributed by atoms with Crippen molar-refractivity contribution < 1.29 is 14.9 Å². The van der Waals surface area contributed by atoms with E-state index < -0.39 is 5.72 Å². The summed E-state index contributed by atoms with van der Waals surface area (Å²) < 4.78 is 6.18. The van der Waals surface area contributed by atoms with Crippen molar-refractivity contribution in [2.45, 2.75) is 25.1 Å². The van der Waals surface area contributed by atoms with E-state index in [0.717, 1.165) is 11.3 Å². The summed E-state index contributed by atoms with van der Waals surface area (Å²) in [5.41, 5.74) is 1.44. The van der Waals surface area contributed by atoms with Crippen LogP contribution in [0.4, 0.5) is 0 Å². The molecule has 1 heterocycles. The lowest BCUT2D eigenvalue weighted by molar-refractivity contribution is 0.0642. The van der Waals surface area contributed by atoms with Gasteiger partial charge in [-0.3, -0.25) is 4.99 Å². The molecule has 0 fully saturated rings. The predicted molar refractivity (Wildman–Crippen MR) is 114 cm³/mol. The Balaban J connectivity index is 1.65. The van der Waals surface area contributed by atoms with Gasteiger partial charge in [-0.15, -0.1) is 0 Å². The second kappa shape index (κ2) is 7.80. The van der Waals surface area contributed by atoms with Gasteiger partial charge in [-0.05, 0) is 37.3 Å². The van der Waals surface area contributed by atoms with Crippen molar-refractivity contribution in [2.75, 3.05) is 0 Å². The van der Waals surface area contributed by atoms with Gasteiger partial charge >= 0.3 is 0 Å². The van der Waals surface area contributed by atoms with Crippen LogP contribution in [0.15, 0.2) is 82.8 Å². The number of fused-ring (bicyclic) bond motifs is 1. The molecule has 0 saturated heterocycles. The second-order valence-corrected chi connectivity index (χ2v) is 7.19. The highest BCUT2D eigenvalue weighted by Crippen LogP contribution is 2.42. The minimum Gasteiger partial charge on any atom is -0.507 e. The maximum atomic E-state index is 10.0. The molecular formula is C24H22N2O3. The van der Waals surface area contributed by atoms with E-state index >= 15 is 0 Å². The summed E-state index contributed by atoms with van der Waals surface area (Å²) in [6.45, 7) is 1.90. The van der Waals surface area contributed by atoms with Crippen LogP contribution in [-0.4, -0.2) is 28.4 Å². The highest BCUT2D eigenvalue weighted by molar-refractivity contribution is 5.84. The summed E-state index contributed by atoms with van der Waals surface area (Å²) in [5.74, 6) is 1.09. The number of phenols is 2. The minimum absolute atomic E-state index is 0.171. The largest absolute Gasteiger partial charge is 0.507 e. The van der Waals surface area contributed by atoms with Gasteiger partial charge in [-0.25, -0.2) is 4.99 Å². The normalized spacial score (nSPS) is 21.2. The average Bonchev–Trinajstić information content (AvgIpc) is 2.72. The highest BCUT2D eigenvalue weighted by Gasteiger charge is 2.36. The van der Waals surface area contributed by atoms with Crippen LogP contribution in [0.1, 0.15) is 36.1 Å². The van der Waals surface area contributed by atoms with E-state index in [9.17, 15) is 10.2 Å². The number of para-hydroxylation sites is 3. The van der Waals surface area contributed by atoms with Gasteiger partial charge in [0.05, 0.1) is 6.04 Å². The first-order valence-electron chi connectivity index (χ1n) is 9.46. The Kier molecular flexibility index (Phi) is 5.04. The average molecular weight is 386 g/mol. The van der Waals surface area contributed by atoms with E-state index in [-0.39, 0.29) is 17.5 Å². The number of ether oxygens (including phenoxy) is 1. The molecule has 2 atom stereocenters. The summed E-state index contributed by atoms with van der Waals surface area (Å²) >= 11 is 0. The zero-order valence-corrected chi connectivity index (χ0v) is 16.1. The summed E-state index contributed by atoms with van der Waals surface area (Å²) in [6, 6.07) is 21.7. The molecule has 0 saturated carbocycles. The van der Waals surface area contributed by atoms with Crippen LogP contribution >= 0.6 is 0 Å². The number of aliphatic imine (C=N–C) groups is 2. The fourth-order valence-corrected chi connectivity index (χ4v) is 3.38. The van der Waals surface area contributed by atoms with E-state index in [1.165, 1.54) is 0 Å². The molecule has 1 aliphatic rings. The van der Waals surface area contributed by atoms with Gasteiger partial charge in [0, 0.05) is 35.5 Å².